The van der Waals surface area contributed by atoms with Crippen LogP contribution in [0.4, 0.5) is 5.95 Å². The molecule has 2 aromatic heterocycles. The fourth-order valence-corrected chi connectivity index (χ4v) is 1.20. The van der Waals surface area contributed by atoms with Crippen LogP contribution in [0.25, 0.3) is 11.2 Å². The summed E-state index contributed by atoms with van der Waals surface area (Å²) < 4.78 is 1.76. The number of nitrogens with two attached hydrogens (primary N) is 1. The van der Waals surface area contributed by atoms with Gasteiger partial charge in [0.05, 0.1) is 6.33 Å². The van der Waals surface area contributed by atoms with Gasteiger partial charge in [-0.2, -0.15) is 4.98 Å². The second-order valence-corrected chi connectivity index (χ2v) is 3.36. The monoisotopic (exact) mass is 223 g/mol. The zero-order valence-electron chi connectivity index (χ0n) is 9.82. The molecular weight excluding hydrogens is 206 g/mol. The van der Waals surface area contributed by atoms with Gasteiger partial charge in [-0.25, -0.2) is 4.98 Å². The van der Waals surface area contributed by atoms with E-state index in [1.165, 1.54) is 6.42 Å². The number of nitrogen functional groups attached to an aromatic ring is 1. The molecule has 0 spiro atoms. The Bertz CT molecular complexity index is 513. The van der Waals surface area contributed by atoms with Crippen molar-refractivity contribution in [2.45, 2.75) is 33.7 Å². The van der Waals surface area contributed by atoms with E-state index < -0.39 is 0 Å². The van der Waals surface area contributed by atoms with Crippen molar-refractivity contribution >= 4 is 17.1 Å². The van der Waals surface area contributed by atoms with Crippen LogP contribution in [-0.4, -0.2) is 19.5 Å². The van der Waals surface area contributed by atoms with Gasteiger partial charge in [0.2, 0.25) is 5.95 Å². The number of aromatic amines is 1. The van der Waals surface area contributed by atoms with Gasteiger partial charge in [-0.15, -0.1) is 0 Å². The quantitative estimate of drug-likeness (QED) is 0.758. The fourth-order valence-electron chi connectivity index (χ4n) is 1.20. The van der Waals surface area contributed by atoms with Gasteiger partial charge in [0.1, 0.15) is 0 Å². The summed E-state index contributed by atoms with van der Waals surface area (Å²) in [6, 6.07) is 0. The smallest absolute Gasteiger partial charge is 0.280 e. The number of hydrogen-bond acceptors (Lipinski definition) is 4. The molecule has 0 radical (unpaired) electrons. The van der Waals surface area contributed by atoms with E-state index >= 15 is 0 Å². The van der Waals surface area contributed by atoms with Crippen LogP contribution in [0, 0.1) is 0 Å². The first kappa shape index (κ1) is 12.2. The minimum Gasteiger partial charge on any atom is -0.369 e. The van der Waals surface area contributed by atoms with Crippen molar-refractivity contribution in [2.24, 2.45) is 0 Å². The molecule has 0 fully saturated rings. The predicted molar refractivity (Wildman–Crippen MR) is 64.2 cm³/mol. The van der Waals surface area contributed by atoms with Crippen LogP contribution >= 0.6 is 0 Å². The molecule has 0 saturated heterocycles. The molecule has 0 bridgehead atoms. The molecule has 0 saturated carbocycles. The third-order valence-corrected chi connectivity index (χ3v) is 1.83. The number of aromatic nitrogens is 4. The Kier molecular flexibility index (Phi) is 4.04. The van der Waals surface area contributed by atoms with Gasteiger partial charge >= 0.3 is 0 Å². The van der Waals surface area contributed by atoms with Gasteiger partial charge in [0.15, 0.2) is 11.2 Å². The molecule has 16 heavy (non-hydrogen) atoms. The molecule has 3 N–H and O–H groups in total. The first-order valence-electron chi connectivity index (χ1n) is 5.34. The van der Waals surface area contributed by atoms with Crippen molar-refractivity contribution in [1.29, 1.82) is 0 Å². The zero-order valence-corrected chi connectivity index (χ0v) is 9.82. The standard InChI is InChI=1S/C7H9N5O.C3H8/c1-2-12-3-9-4-5(12)10-7(8)11-6(4)13;1-3-2/h3H,2H2,1H3,(H3,8,10,11,13);3H2,1-2H3. The number of anilines is 1. The van der Waals surface area contributed by atoms with Gasteiger partial charge in [-0.05, 0) is 6.92 Å². The Morgan fingerprint density at radius 3 is 2.62 bits per heavy atom. The number of imidazole rings is 1. The van der Waals surface area contributed by atoms with Gasteiger partial charge < -0.3 is 10.3 Å². The summed E-state index contributed by atoms with van der Waals surface area (Å²) in [6.45, 7) is 6.91. The van der Waals surface area contributed by atoms with Crippen molar-refractivity contribution in [3.63, 3.8) is 0 Å². The largest absolute Gasteiger partial charge is 0.369 e. The minimum absolute atomic E-state index is 0.118. The van der Waals surface area contributed by atoms with E-state index in [9.17, 15) is 4.79 Å². The number of aryl methyl sites for hydroxylation is 1. The lowest BCUT2D eigenvalue weighted by Crippen LogP contribution is -2.12. The van der Waals surface area contributed by atoms with Crippen molar-refractivity contribution in [3.05, 3.63) is 16.7 Å². The van der Waals surface area contributed by atoms with Gasteiger partial charge in [0.25, 0.3) is 5.56 Å². The molecule has 0 amide bonds. The summed E-state index contributed by atoms with van der Waals surface area (Å²) in [7, 11) is 0. The lowest BCUT2D eigenvalue weighted by molar-refractivity contribution is 0.777. The Morgan fingerprint density at radius 2 is 2.06 bits per heavy atom. The number of nitrogens with zero attached hydrogens (tertiary/aromatic N) is 3. The van der Waals surface area contributed by atoms with E-state index in [4.69, 9.17) is 5.73 Å². The first-order valence-corrected chi connectivity index (χ1v) is 5.34. The molecule has 6 heteroatoms. The highest BCUT2D eigenvalue weighted by atomic mass is 16.1. The number of nitrogens with one attached hydrogen (secondary N) is 1. The molecule has 0 aliphatic rings. The second kappa shape index (κ2) is 5.29. The lowest BCUT2D eigenvalue weighted by atomic mass is 10.5. The predicted octanol–water partition coefficient (Wildman–Crippen LogP) is 1.14. The normalized spacial score (nSPS) is 9.94. The molecule has 2 heterocycles. The Morgan fingerprint density at radius 1 is 1.44 bits per heavy atom. The highest BCUT2D eigenvalue weighted by Crippen LogP contribution is 2.05. The molecule has 0 aliphatic carbocycles. The summed E-state index contributed by atoms with van der Waals surface area (Å²) in [6.07, 6.45) is 2.83. The average Bonchev–Trinajstić information content (AvgIpc) is 2.62. The fraction of sp³-hybridized carbons (Fsp3) is 0.500. The van der Waals surface area contributed by atoms with Crippen molar-refractivity contribution in [3.8, 4) is 0 Å². The molecule has 6 nitrogen and oxygen atoms in total. The van der Waals surface area contributed by atoms with E-state index in [1.54, 1.807) is 10.9 Å². The van der Waals surface area contributed by atoms with Crippen LogP contribution in [0.2, 0.25) is 0 Å². The van der Waals surface area contributed by atoms with E-state index in [1.807, 2.05) is 6.92 Å². The summed E-state index contributed by atoms with van der Waals surface area (Å²) in [5.74, 6) is 0.118. The number of hydrogen-bond donors (Lipinski definition) is 2. The van der Waals surface area contributed by atoms with Gasteiger partial charge in [0, 0.05) is 6.54 Å². The third kappa shape index (κ3) is 2.39. The SMILES string of the molecule is CCC.CCn1cnc2c(=O)[nH]c(N)nc21. The van der Waals surface area contributed by atoms with Crippen LogP contribution in [0.15, 0.2) is 11.1 Å². The molecule has 2 rings (SSSR count). The summed E-state index contributed by atoms with van der Waals surface area (Å²) in [5, 5.41) is 0. The van der Waals surface area contributed by atoms with E-state index in [0.29, 0.717) is 17.7 Å². The maximum atomic E-state index is 11.3. The number of H-pyrrole nitrogens is 1. The molecule has 0 unspecified atom stereocenters. The summed E-state index contributed by atoms with van der Waals surface area (Å²) in [5.41, 5.74) is 5.96. The summed E-state index contributed by atoms with van der Waals surface area (Å²) >= 11 is 0. The Balaban J connectivity index is 0.000000386. The van der Waals surface area contributed by atoms with E-state index in [-0.39, 0.29) is 11.5 Å². The second-order valence-electron chi connectivity index (χ2n) is 3.36. The first-order chi connectivity index (χ1) is 7.63. The molecule has 0 aliphatic heterocycles. The third-order valence-electron chi connectivity index (χ3n) is 1.83. The lowest BCUT2D eigenvalue weighted by Gasteiger charge is -1.97. The highest BCUT2D eigenvalue weighted by molar-refractivity contribution is 5.70. The molecule has 88 valence electrons. The van der Waals surface area contributed by atoms with Crippen LogP contribution in [0.1, 0.15) is 27.2 Å². The van der Waals surface area contributed by atoms with Crippen LogP contribution in [0.5, 0.6) is 0 Å². The number of fused-ring (bicyclic) bond motifs is 1. The maximum absolute atomic E-state index is 11.3. The van der Waals surface area contributed by atoms with Crippen LogP contribution in [-0.2, 0) is 6.54 Å². The van der Waals surface area contributed by atoms with Crippen molar-refractivity contribution < 1.29 is 0 Å². The molecule has 0 atom stereocenters. The highest BCUT2D eigenvalue weighted by Gasteiger charge is 2.06. The molecule has 0 aromatic carbocycles. The minimum atomic E-state index is -0.297. The van der Waals surface area contributed by atoms with E-state index in [0.717, 1.165) is 0 Å². The van der Waals surface area contributed by atoms with Crippen LogP contribution < -0.4 is 11.3 Å². The summed E-state index contributed by atoms with van der Waals surface area (Å²) in [4.78, 5) is 21.6. The maximum Gasteiger partial charge on any atom is 0.280 e. The number of rotatable bonds is 1. The topological polar surface area (TPSA) is 89.6 Å². The van der Waals surface area contributed by atoms with Gasteiger partial charge in [-0.3, -0.25) is 9.78 Å². The Hall–Kier alpha value is -1.85. The average molecular weight is 223 g/mol. The van der Waals surface area contributed by atoms with E-state index in [2.05, 4.69) is 28.8 Å². The van der Waals surface area contributed by atoms with Crippen molar-refractivity contribution in [2.75, 3.05) is 5.73 Å². The van der Waals surface area contributed by atoms with Gasteiger partial charge in [-0.1, -0.05) is 20.3 Å². The van der Waals surface area contributed by atoms with Crippen LogP contribution in [0.3, 0.4) is 0 Å². The molecule has 2 aromatic rings. The Labute approximate surface area is 93.5 Å². The zero-order chi connectivity index (χ0) is 12.1. The molecular formula is C10H17N5O. The van der Waals surface area contributed by atoms with Crippen molar-refractivity contribution in [1.82, 2.24) is 19.5 Å².